The van der Waals surface area contributed by atoms with E-state index in [4.69, 9.17) is 0 Å². The number of nitrogens with one attached hydrogen (secondary N) is 2. The van der Waals surface area contributed by atoms with Crippen LogP contribution in [-0.4, -0.2) is 43.3 Å². The van der Waals surface area contributed by atoms with Crippen molar-refractivity contribution in [1.29, 1.82) is 0 Å². The lowest BCUT2D eigenvalue weighted by molar-refractivity contribution is -0.129. The molecule has 0 radical (unpaired) electrons. The van der Waals surface area contributed by atoms with Crippen LogP contribution in [0.4, 0.5) is 0 Å². The number of nitrogens with zero attached hydrogens (tertiary/aromatic N) is 1. The molecule has 2 rings (SSSR count). The molecule has 0 unspecified atom stereocenters. The molecule has 0 atom stereocenters. The van der Waals surface area contributed by atoms with Gasteiger partial charge in [0.2, 0.25) is 5.91 Å². The summed E-state index contributed by atoms with van der Waals surface area (Å²) in [6.45, 7) is 0.308. The van der Waals surface area contributed by atoms with Gasteiger partial charge in [-0.05, 0) is 42.0 Å². The fourth-order valence-electron chi connectivity index (χ4n) is 2.26. The van der Waals surface area contributed by atoms with E-state index in [2.05, 4.69) is 26.6 Å². The second-order valence-electron chi connectivity index (χ2n) is 5.72. The van der Waals surface area contributed by atoms with Gasteiger partial charge in [-0.25, -0.2) is 0 Å². The third kappa shape index (κ3) is 5.42. The van der Waals surface area contributed by atoms with E-state index in [1.54, 1.807) is 62.6 Å². The molecule has 0 fully saturated rings. The first-order valence-corrected chi connectivity index (χ1v) is 8.78. The summed E-state index contributed by atoms with van der Waals surface area (Å²) in [5.74, 6) is -0.656. The molecule has 0 bridgehead atoms. The second kappa shape index (κ2) is 9.15. The number of benzene rings is 2. The molecule has 3 amide bonds. The number of amides is 3. The number of halogens is 1. The van der Waals surface area contributed by atoms with Crippen molar-refractivity contribution in [1.82, 2.24) is 15.5 Å². The minimum atomic E-state index is -0.297. The molecule has 0 spiro atoms. The smallest absolute Gasteiger partial charge is 0.251 e. The van der Waals surface area contributed by atoms with E-state index in [-0.39, 0.29) is 24.3 Å². The SMILES string of the molecule is CNC(=O)c1ccc(CN(C)C(=O)CNC(=O)c2ccc(Br)cc2)cc1. The van der Waals surface area contributed by atoms with Crippen molar-refractivity contribution < 1.29 is 14.4 Å². The minimum absolute atomic E-state index is 0.0816. The first-order valence-electron chi connectivity index (χ1n) is 7.99. The number of carbonyl (C=O) groups excluding carboxylic acids is 3. The van der Waals surface area contributed by atoms with Gasteiger partial charge in [-0.1, -0.05) is 28.1 Å². The Labute approximate surface area is 160 Å². The summed E-state index contributed by atoms with van der Waals surface area (Å²) >= 11 is 3.31. The van der Waals surface area contributed by atoms with Crippen LogP contribution in [0.25, 0.3) is 0 Å². The van der Waals surface area contributed by atoms with Crippen molar-refractivity contribution in [3.05, 3.63) is 69.7 Å². The number of likely N-dealkylation sites (N-methyl/N-ethyl adjacent to an activating group) is 1. The monoisotopic (exact) mass is 417 g/mol. The van der Waals surface area contributed by atoms with Crippen LogP contribution in [0.5, 0.6) is 0 Å². The second-order valence-corrected chi connectivity index (χ2v) is 6.63. The van der Waals surface area contributed by atoms with E-state index >= 15 is 0 Å². The predicted molar refractivity (Wildman–Crippen MR) is 103 cm³/mol. The Balaban J connectivity index is 1.86. The molecule has 136 valence electrons. The van der Waals surface area contributed by atoms with Gasteiger partial charge in [0, 0.05) is 36.2 Å². The molecule has 0 saturated heterocycles. The van der Waals surface area contributed by atoms with Gasteiger partial charge in [0.1, 0.15) is 0 Å². The molecule has 0 aliphatic heterocycles. The summed E-state index contributed by atoms with van der Waals surface area (Å²) in [6.07, 6.45) is 0. The van der Waals surface area contributed by atoms with Crippen molar-refractivity contribution in [2.75, 3.05) is 20.6 Å². The molecule has 2 aromatic rings. The molecular formula is C19H20BrN3O3. The first kappa shape index (κ1) is 19.7. The van der Waals surface area contributed by atoms with Gasteiger partial charge in [0.05, 0.1) is 6.54 Å². The Morgan fingerprint density at radius 2 is 1.46 bits per heavy atom. The number of rotatable bonds is 6. The molecule has 2 aromatic carbocycles. The lowest BCUT2D eigenvalue weighted by atomic mass is 10.1. The van der Waals surface area contributed by atoms with Crippen LogP contribution in [0, 0.1) is 0 Å². The molecular weight excluding hydrogens is 398 g/mol. The predicted octanol–water partition coefficient (Wildman–Crippen LogP) is 2.20. The highest BCUT2D eigenvalue weighted by Gasteiger charge is 2.12. The van der Waals surface area contributed by atoms with E-state index < -0.39 is 0 Å². The normalized spacial score (nSPS) is 10.1. The van der Waals surface area contributed by atoms with E-state index in [1.165, 1.54) is 4.90 Å². The highest BCUT2D eigenvalue weighted by atomic mass is 79.9. The fourth-order valence-corrected chi connectivity index (χ4v) is 2.53. The number of hydrogen-bond acceptors (Lipinski definition) is 3. The van der Waals surface area contributed by atoms with E-state index in [1.807, 2.05) is 0 Å². The van der Waals surface area contributed by atoms with Gasteiger partial charge in [0.15, 0.2) is 0 Å². The van der Waals surface area contributed by atoms with Crippen LogP contribution >= 0.6 is 15.9 Å². The number of carbonyl (C=O) groups is 3. The van der Waals surface area contributed by atoms with Gasteiger partial charge in [-0.15, -0.1) is 0 Å². The lowest BCUT2D eigenvalue weighted by Crippen LogP contribution is -2.37. The molecule has 0 aromatic heterocycles. The van der Waals surface area contributed by atoms with Gasteiger partial charge in [-0.3, -0.25) is 14.4 Å². The summed E-state index contributed by atoms with van der Waals surface area (Å²) in [5.41, 5.74) is 1.95. The van der Waals surface area contributed by atoms with E-state index in [0.29, 0.717) is 17.7 Å². The number of hydrogen-bond donors (Lipinski definition) is 2. The molecule has 2 N–H and O–H groups in total. The molecule has 7 heteroatoms. The summed E-state index contributed by atoms with van der Waals surface area (Å²) in [7, 11) is 3.24. The molecule has 6 nitrogen and oxygen atoms in total. The zero-order chi connectivity index (χ0) is 19.1. The summed E-state index contributed by atoms with van der Waals surface area (Å²) in [4.78, 5) is 37.3. The van der Waals surface area contributed by atoms with Gasteiger partial charge in [-0.2, -0.15) is 0 Å². The van der Waals surface area contributed by atoms with Crippen LogP contribution in [0.3, 0.4) is 0 Å². The van der Waals surface area contributed by atoms with Crippen LogP contribution in [0.2, 0.25) is 0 Å². The third-order valence-electron chi connectivity index (χ3n) is 3.80. The van der Waals surface area contributed by atoms with Gasteiger partial charge >= 0.3 is 0 Å². The largest absolute Gasteiger partial charge is 0.355 e. The van der Waals surface area contributed by atoms with Crippen LogP contribution < -0.4 is 10.6 Å². The fraction of sp³-hybridized carbons (Fsp3) is 0.211. The standard InChI is InChI=1S/C19H20BrN3O3/c1-21-18(25)14-5-3-13(4-6-14)12-23(2)17(24)11-22-19(26)15-7-9-16(20)10-8-15/h3-10H,11-12H2,1-2H3,(H,21,25)(H,22,26). The summed E-state index contributed by atoms with van der Waals surface area (Å²) in [5, 5.41) is 5.18. The van der Waals surface area contributed by atoms with Gasteiger partial charge < -0.3 is 15.5 Å². The first-order chi connectivity index (χ1) is 12.4. The van der Waals surface area contributed by atoms with Crippen LogP contribution in [0.15, 0.2) is 53.0 Å². The Morgan fingerprint density at radius 1 is 0.923 bits per heavy atom. The highest BCUT2D eigenvalue weighted by Crippen LogP contribution is 2.10. The maximum Gasteiger partial charge on any atom is 0.251 e. The van der Waals surface area contributed by atoms with Crippen LogP contribution in [0.1, 0.15) is 26.3 Å². The van der Waals surface area contributed by atoms with Crippen molar-refractivity contribution in [3.8, 4) is 0 Å². The maximum absolute atomic E-state index is 12.2. The minimum Gasteiger partial charge on any atom is -0.355 e. The summed E-state index contributed by atoms with van der Waals surface area (Å²) in [6, 6.07) is 13.9. The van der Waals surface area contributed by atoms with Crippen LogP contribution in [-0.2, 0) is 11.3 Å². The van der Waals surface area contributed by atoms with Crippen molar-refractivity contribution in [2.45, 2.75) is 6.54 Å². The Hall–Kier alpha value is -2.67. The zero-order valence-corrected chi connectivity index (χ0v) is 16.2. The zero-order valence-electron chi connectivity index (χ0n) is 14.6. The average Bonchev–Trinajstić information content (AvgIpc) is 2.66. The van der Waals surface area contributed by atoms with Crippen molar-refractivity contribution >= 4 is 33.7 Å². The molecule has 0 aliphatic rings. The maximum atomic E-state index is 12.2. The lowest BCUT2D eigenvalue weighted by Gasteiger charge is -2.18. The van der Waals surface area contributed by atoms with Gasteiger partial charge in [0.25, 0.3) is 11.8 Å². The Morgan fingerprint density at radius 3 is 2.04 bits per heavy atom. The topological polar surface area (TPSA) is 78.5 Å². The van der Waals surface area contributed by atoms with Crippen molar-refractivity contribution in [2.24, 2.45) is 0 Å². The molecule has 26 heavy (non-hydrogen) atoms. The summed E-state index contributed by atoms with van der Waals surface area (Å²) < 4.78 is 0.882. The van der Waals surface area contributed by atoms with Crippen molar-refractivity contribution in [3.63, 3.8) is 0 Å². The quantitative estimate of drug-likeness (QED) is 0.755. The third-order valence-corrected chi connectivity index (χ3v) is 4.32. The highest BCUT2D eigenvalue weighted by molar-refractivity contribution is 9.10. The molecule has 0 heterocycles. The Kier molecular flexibility index (Phi) is 6.91. The molecule has 0 saturated carbocycles. The van der Waals surface area contributed by atoms with E-state index in [0.717, 1.165) is 10.0 Å². The average molecular weight is 418 g/mol. The molecule has 0 aliphatic carbocycles. The van der Waals surface area contributed by atoms with E-state index in [9.17, 15) is 14.4 Å². The Bertz CT molecular complexity index is 789.